The summed E-state index contributed by atoms with van der Waals surface area (Å²) >= 11 is 0. The van der Waals surface area contributed by atoms with E-state index in [9.17, 15) is 9.59 Å². The Morgan fingerprint density at radius 3 is 1.86 bits per heavy atom. The summed E-state index contributed by atoms with van der Waals surface area (Å²) in [5.74, 6) is -1.49. The Kier molecular flexibility index (Phi) is 10.1. The summed E-state index contributed by atoms with van der Waals surface area (Å²) in [4.78, 5) is 23.7. The van der Waals surface area contributed by atoms with Crippen molar-refractivity contribution in [2.24, 2.45) is 0 Å². The van der Waals surface area contributed by atoms with Gasteiger partial charge in [-0.3, -0.25) is 4.79 Å². The zero-order valence-electron chi connectivity index (χ0n) is 18.9. The van der Waals surface area contributed by atoms with E-state index in [-0.39, 0.29) is 13.2 Å². The van der Waals surface area contributed by atoms with Gasteiger partial charge in [-0.05, 0) is 58.3 Å². The summed E-state index contributed by atoms with van der Waals surface area (Å²) in [6.45, 7) is 16.1. The molecule has 9 heteroatoms. The molecule has 0 saturated heterocycles. The fraction of sp³-hybridized carbons (Fsp3) is 0.600. The highest BCUT2D eigenvalue weighted by molar-refractivity contribution is 6.87. The molecule has 1 aromatic carbocycles. The van der Waals surface area contributed by atoms with E-state index in [0.29, 0.717) is 12.2 Å². The van der Waals surface area contributed by atoms with Crippen molar-refractivity contribution in [1.29, 1.82) is 0 Å². The minimum atomic E-state index is -2.25. The molecule has 0 amide bonds. The van der Waals surface area contributed by atoms with Crippen LogP contribution in [0.5, 0.6) is 0 Å². The number of ketones is 1. The van der Waals surface area contributed by atoms with Crippen LogP contribution in [0.25, 0.3) is 0 Å². The lowest BCUT2D eigenvalue weighted by Gasteiger charge is -2.38. The number of carbonyl (C=O) groups excluding carboxylic acids is 2. The molecule has 0 unspecified atom stereocenters. The van der Waals surface area contributed by atoms with Crippen LogP contribution in [-0.2, 0) is 22.5 Å². The lowest BCUT2D eigenvalue weighted by molar-refractivity contribution is -0.139. The average Bonchev–Trinajstić information content (AvgIpc) is 2.57. The van der Waals surface area contributed by atoms with Gasteiger partial charge >= 0.3 is 14.5 Å². The molecule has 0 N–H and O–H groups in total. The molecular weight excluding hydrogens is 420 g/mol. The number of benzene rings is 1. The molecule has 0 spiro atoms. The van der Waals surface area contributed by atoms with E-state index in [1.807, 2.05) is 0 Å². The van der Waals surface area contributed by atoms with E-state index in [1.165, 1.54) is 0 Å². The first-order valence-corrected chi connectivity index (χ1v) is 19.4. The van der Waals surface area contributed by atoms with Gasteiger partial charge in [0.25, 0.3) is 5.78 Å². The van der Waals surface area contributed by atoms with E-state index < -0.39 is 36.9 Å². The molecule has 6 nitrogen and oxygen atoms in total. The fourth-order valence-electron chi connectivity index (χ4n) is 2.98. The van der Waals surface area contributed by atoms with Gasteiger partial charge in [0.05, 0.1) is 6.61 Å². The molecule has 0 aromatic heterocycles. The van der Waals surface area contributed by atoms with Gasteiger partial charge in [-0.25, -0.2) is 4.79 Å². The van der Waals surface area contributed by atoms with Crippen LogP contribution in [0.15, 0.2) is 30.3 Å². The Morgan fingerprint density at radius 2 is 1.34 bits per heavy atom. The summed E-state index contributed by atoms with van der Waals surface area (Å²) in [6, 6.07) is 9.25. The Hall–Kier alpha value is -1.11. The van der Waals surface area contributed by atoms with Gasteiger partial charge in [0.15, 0.2) is 16.6 Å². The molecule has 29 heavy (non-hydrogen) atoms. The van der Waals surface area contributed by atoms with E-state index in [1.54, 1.807) is 30.3 Å². The first-order valence-electron chi connectivity index (χ1n) is 10.1. The first-order chi connectivity index (χ1) is 13.3. The van der Waals surface area contributed by atoms with Crippen molar-refractivity contribution in [3.63, 3.8) is 0 Å². The number of Topliss-reactive ketones (excluding diaryl/α,β-unsaturated/α-hetero) is 1. The van der Waals surface area contributed by atoms with Gasteiger partial charge in [0.1, 0.15) is 6.61 Å². The molecule has 1 rings (SSSR count). The van der Waals surface area contributed by atoms with Gasteiger partial charge in [0, 0.05) is 12.2 Å². The highest BCUT2D eigenvalue weighted by Gasteiger charge is 2.39. The van der Waals surface area contributed by atoms with Gasteiger partial charge < -0.3 is 17.7 Å². The standard InChI is InChI=1S/C20H36O6Si3/c1-27(2,3)25-29(7,26-28(4,5)6)17-11-14-23-15-16-24-20(22)19(21)18-12-9-8-10-13-18/h8-10,12-13H,11,14-17H2,1-7H3. The SMILES string of the molecule is C[Si](C)(C)O[Si](C)(CCCOCCOC(=O)C(=O)c1ccccc1)O[Si](C)(C)C. The molecule has 0 bridgehead atoms. The second-order valence-corrected chi connectivity index (χ2v) is 22.0. The second-order valence-electron chi connectivity index (χ2n) is 9.11. The van der Waals surface area contributed by atoms with Gasteiger partial charge in [-0.1, -0.05) is 30.3 Å². The molecule has 0 aliphatic carbocycles. The lowest BCUT2D eigenvalue weighted by Crippen LogP contribution is -2.52. The van der Waals surface area contributed by atoms with Crippen LogP contribution in [0.2, 0.25) is 51.9 Å². The largest absolute Gasteiger partial charge is 0.457 e. The molecule has 0 aliphatic rings. The zero-order valence-corrected chi connectivity index (χ0v) is 21.9. The van der Waals surface area contributed by atoms with Crippen molar-refractivity contribution in [2.45, 2.75) is 58.3 Å². The summed E-state index contributed by atoms with van der Waals surface area (Å²) in [5, 5.41) is 0. The highest BCUT2D eigenvalue weighted by atomic mass is 28.5. The summed E-state index contributed by atoms with van der Waals surface area (Å²) in [5.41, 5.74) is 0.326. The monoisotopic (exact) mass is 456 g/mol. The number of carbonyl (C=O) groups is 2. The van der Waals surface area contributed by atoms with Crippen LogP contribution in [0.4, 0.5) is 0 Å². The summed E-state index contributed by atoms with van der Waals surface area (Å²) < 4.78 is 23.5. The van der Waals surface area contributed by atoms with Crippen LogP contribution in [-0.4, -0.2) is 56.8 Å². The molecule has 0 saturated carbocycles. The van der Waals surface area contributed by atoms with Crippen LogP contribution >= 0.6 is 0 Å². The third kappa shape index (κ3) is 11.6. The van der Waals surface area contributed by atoms with Crippen molar-refractivity contribution in [3.05, 3.63) is 35.9 Å². The van der Waals surface area contributed by atoms with E-state index in [0.717, 1.165) is 12.5 Å². The maximum absolute atomic E-state index is 11.9. The van der Waals surface area contributed by atoms with Crippen molar-refractivity contribution in [1.82, 2.24) is 0 Å². The Balaban J connectivity index is 2.32. The first kappa shape index (κ1) is 25.9. The minimum Gasteiger partial charge on any atom is -0.457 e. The zero-order chi connectivity index (χ0) is 22.1. The minimum absolute atomic E-state index is 0.0584. The lowest BCUT2D eigenvalue weighted by atomic mass is 10.1. The van der Waals surface area contributed by atoms with Gasteiger partial charge in [-0.2, -0.15) is 0 Å². The normalized spacial score (nSPS) is 12.7. The number of esters is 1. The Labute approximate surface area is 178 Å². The Bertz CT molecular complexity index is 636. The topological polar surface area (TPSA) is 71.1 Å². The van der Waals surface area contributed by atoms with Crippen molar-refractivity contribution >= 4 is 36.9 Å². The van der Waals surface area contributed by atoms with Crippen LogP contribution in [0, 0.1) is 0 Å². The molecule has 164 valence electrons. The molecule has 0 aliphatic heterocycles. The Morgan fingerprint density at radius 1 is 0.793 bits per heavy atom. The highest BCUT2D eigenvalue weighted by Crippen LogP contribution is 2.25. The van der Waals surface area contributed by atoms with E-state index >= 15 is 0 Å². The van der Waals surface area contributed by atoms with Crippen LogP contribution in [0.3, 0.4) is 0 Å². The second kappa shape index (κ2) is 11.3. The molecule has 0 heterocycles. The van der Waals surface area contributed by atoms with Crippen LogP contribution < -0.4 is 0 Å². The van der Waals surface area contributed by atoms with Crippen LogP contribution in [0.1, 0.15) is 16.8 Å². The summed E-state index contributed by atoms with van der Waals surface area (Å²) in [7, 11) is -5.64. The maximum atomic E-state index is 11.9. The third-order valence-electron chi connectivity index (χ3n) is 3.65. The summed E-state index contributed by atoms with van der Waals surface area (Å²) in [6.07, 6.45) is 0.828. The number of hydrogen-bond donors (Lipinski definition) is 0. The fourth-order valence-corrected chi connectivity index (χ4v) is 15.5. The molecule has 0 atom stereocenters. The number of rotatable bonds is 13. The third-order valence-corrected chi connectivity index (χ3v) is 13.3. The van der Waals surface area contributed by atoms with Crippen molar-refractivity contribution in [2.75, 3.05) is 19.8 Å². The molecule has 0 fully saturated rings. The van der Waals surface area contributed by atoms with Crippen molar-refractivity contribution in [3.8, 4) is 0 Å². The number of ether oxygens (including phenoxy) is 2. The van der Waals surface area contributed by atoms with Gasteiger partial charge in [0.2, 0.25) is 0 Å². The predicted octanol–water partition coefficient (Wildman–Crippen LogP) is 4.59. The molecular formula is C20H36O6Si3. The number of hydrogen-bond acceptors (Lipinski definition) is 6. The maximum Gasteiger partial charge on any atom is 0.379 e. The van der Waals surface area contributed by atoms with E-state index in [2.05, 4.69) is 45.8 Å². The smallest absolute Gasteiger partial charge is 0.379 e. The molecule has 1 aromatic rings. The molecule has 0 radical (unpaired) electrons. The quantitative estimate of drug-likeness (QED) is 0.142. The van der Waals surface area contributed by atoms with E-state index in [4.69, 9.17) is 17.7 Å². The van der Waals surface area contributed by atoms with Gasteiger partial charge in [-0.15, -0.1) is 0 Å². The average molecular weight is 457 g/mol. The van der Waals surface area contributed by atoms with Crippen molar-refractivity contribution < 1.29 is 27.3 Å². The predicted molar refractivity (Wildman–Crippen MR) is 122 cm³/mol.